The zero-order valence-electron chi connectivity index (χ0n) is 8.17. The molecule has 0 fully saturated rings. The van der Waals surface area contributed by atoms with E-state index in [-0.39, 0.29) is 12.4 Å². The van der Waals surface area contributed by atoms with Crippen molar-refractivity contribution in [2.75, 3.05) is 6.61 Å². The number of aliphatic hydroxyl groups is 1. The number of nitrogens with zero attached hydrogens (tertiary/aromatic N) is 2. The van der Waals surface area contributed by atoms with E-state index in [1.807, 2.05) is 0 Å². The maximum absolute atomic E-state index is 8.82. The highest BCUT2D eigenvalue weighted by atomic mass is 16.5. The van der Waals surface area contributed by atoms with Crippen molar-refractivity contribution < 1.29 is 14.0 Å². The highest BCUT2D eigenvalue weighted by Crippen LogP contribution is 2.23. The summed E-state index contributed by atoms with van der Waals surface area (Å²) in [7, 11) is 0. The lowest BCUT2D eigenvalue weighted by atomic mass is 10.2. The average molecular weight is 209 g/mol. The van der Waals surface area contributed by atoms with Gasteiger partial charge in [-0.05, 0) is 13.0 Å². The zero-order valence-corrected chi connectivity index (χ0v) is 8.17. The van der Waals surface area contributed by atoms with Crippen LogP contribution in [0.5, 0.6) is 0 Å². The Hall–Kier alpha value is -1.66. The average Bonchev–Trinajstić information content (AvgIpc) is 2.84. The summed E-state index contributed by atoms with van der Waals surface area (Å²) in [5.74, 6) is 1.33. The standard InChI is InChI=1S/C9H11N3O3/c1-5-6(2-3-14-5)9-11-8(12-15-9)7(10)4-13/h2-3,7,13H,4,10H2,1H3. The summed E-state index contributed by atoms with van der Waals surface area (Å²) in [6.07, 6.45) is 1.54. The summed E-state index contributed by atoms with van der Waals surface area (Å²) in [5, 5.41) is 12.5. The second-order valence-corrected chi connectivity index (χ2v) is 3.14. The van der Waals surface area contributed by atoms with Crippen LogP contribution in [0.25, 0.3) is 11.5 Å². The Kier molecular flexibility index (Phi) is 2.53. The predicted molar refractivity (Wildman–Crippen MR) is 50.8 cm³/mol. The van der Waals surface area contributed by atoms with E-state index in [2.05, 4.69) is 10.1 Å². The van der Waals surface area contributed by atoms with E-state index in [0.29, 0.717) is 11.7 Å². The van der Waals surface area contributed by atoms with Crippen LogP contribution in [0.4, 0.5) is 0 Å². The lowest BCUT2D eigenvalue weighted by Crippen LogP contribution is -2.15. The molecule has 0 aliphatic rings. The van der Waals surface area contributed by atoms with Crippen molar-refractivity contribution >= 4 is 0 Å². The highest BCUT2D eigenvalue weighted by Gasteiger charge is 2.16. The number of aryl methyl sites for hydroxylation is 1. The first-order chi connectivity index (χ1) is 7.22. The molecule has 80 valence electrons. The summed E-state index contributed by atoms with van der Waals surface area (Å²) in [6.45, 7) is 1.58. The van der Waals surface area contributed by atoms with Gasteiger partial charge in [0.2, 0.25) is 0 Å². The zero-order chi connectivity index (χ0) is 10.8. The molecule has 1 unspecified atom stereocenters. The van der Waals surface area contributed by atoms with Crippen LogP contribution in [0.1, 0.15) is 17.6 Å². The molecule has 15 heavy (non-hydrogen) atoms. The van der Waals surface area contributed by atoms with Gasteiger partial charge in [0.05, 0.1) is 24.5 Å². The Bertz CT molecular complexity index is 449. The predicted octanol–water partition coefficient (Wildman–Crippen LogP) is 0.630. The molecule has 0 bridgehead atoms. The van der Waals surface area contributed by atoms with Gasteiger partial charge >= 0.3 is 0 Å². The molecule has 6 heteroatoms. The largest absolute Gasteiger partial charge is 0.469 e. The van der Waals surface area contributed by atoms with E-state index < -0.39 is 6.04 Å². The van der Waals surface area contributed by atoms with Crippen molar-refractivity contribution in [2.45, 2.75) is 13.0 Å². The third-order valence-corrected chi connectivity index (χ3v) is 2.06. The molecule has 3 N–H and O–H groups in total. The van der Waals surface area contributed by atoms with Crippen LogP contribution in [0.2, 0.25) is 0 Å². The van der Waals surface area contributed by atoms with Gasteiger partial charge in [-0.3, -0.25) is 0 Å². The number of rotatable bonds is 3. The van der Waals surface area contributed by atoms with E-state index in [1.165, 1.54) is 0 Å². The van der Waals surface area contributed by atoms with Gasteiger partial charge in [0.15, 0.2) is 5.82 Å². The third-order valence-electron chi connectivity index (χ3n) is 2.06. The number of hydrogen-bond acceptors (Lipinski definition) is 6. The van der Waals surface area contributed by atoms with E-state index in [0.717, 1.165) is 5.56 Å². The Morgan fingerprint density at radius 3 is 3.00 bits per heavy atom. The molecule has 2 heterocycles. The summed E-state index contributed by atoms with van der Waals surface area (Å²) in [5.41, 5.74) is 6.28. The minimum Gasteiger partial charge on any atom is -0.469 e. The monoisotopic (exact) mass is 209 g/mol. The smallest absolute Gasteiger partial charge is 0.261 e. The first-order valence-electron chi connectivity index (χ1n) is 4.47. The van der Waals surface area contributed by atoms with E-state index >= 15 is 0 Å². The molecular weight excluding hydrogens is 198 g/mol. The lowest BCUT2D eigenvalue weighted by molar-refractivity contribution is 0.260. The van der Waals surface area contributed by atoms with Gasteiger partial charge in [-0.15, -0.1) is 0 Å². The minimum atomic E-state index is -0.616. The fraction of sp³-hybridized carbons (Fsp3) is 0.333. The molecule has 0 aromatic carbocycles. The van der Waals surface area contributed by atoms with Crippen molar-refractivity contribution in [2.24, 2.45) is 5.73 Å². The number of aliphatic hydroxyl groups excluding tert-OH is 1. The molecule has 6 nitrogen and oxygen atoms in total. The molecule has 0 saturated carbocycles. The van der Waals surface area contributed by atoms with Gasteiger partial charge in [-0.25, -0.2) is 0 Å². The van der Waals surface area contributed by atoms with Crippen LogP contribution in [-0.2, 0) is 0 Å². The van der Waals surface area contributed by atoms with Crippen molar-refractivity contribution in [1.82, 2.24) is 10.1 Å². The minimum absolute atomic E-state index is 0.219. The summed E-state index contributed by atoms with van der Waals surface area (Å²) in [6, 6.07) is 1.12. The van der Waals surface area contributed by atoms with Crippen LogP contribution < -0.4 is 5.73 Å². The molecule has 2 aromatic heterocycles. The van der Waals surface area contributed by atoms with Gasteiger partial charge in [0, 0.05) is 0 Å². The van der Waals surface area contributed by atoms with Gasteiger partial charge in [-0.1, -0.05) is 5.16 Å². The van der Waals surface area contributed by atoms with Gasteiger partial charge in [0.25, 0.3) is 5.89 Å². The van der Waals surface area contributed by atoms with E-state index in [4.69, 9.17) is 19.8 Å². The Morgan fingerprint density at radius 2 is 2.40 bits per heavy atom. The maximum Gasteiger partial charge on any atom is 0.261 e. The fourth-order valence-corrected chi connectivity index (χ4v) is 1.18. The summed E-state index contributed by atoms with van der Waals surface area (Å²) >= 11 is 0. The third kappa shape index (κ3) is 1.77. The summed E-state index contributed by atoms with van der Waals surface area (Å²) in [4.78, 5) is 4.06. The molecule has 0 aliphatic heterocycles. The normalized spacial score (nSPS) is 13.0. The molecule has 2 rings (SSSR count). The lowest BCUT2D eigenvalue weighted by Gasteiger charge is -1.98. The van der Waals surface area contributed by atoms with Crippen molar-refractivity contribution in [1.29, 1.82) is 0 Å². The molecule has 0 saturated heterocycles. The molecular formula is C9H11N3O3. The first kappa shape index (κ1) is 9.88. The van der Waals surface area contributed by atoms with E-state index in [1.54, 1.807) is 19.3 Å². The molecule has 1 atom stereocenters. The molecule has 2 aromatic rings. The van der Waals surface area contributed by atoms with Crippen LogP contribution >= 0.6 is 0 Å². The number of furan rings is 1. The van der Waals surface area contributed by atoms with Crippen molar-refractivity contribution in [3.05, 3.63) is 23.9 Å². The molecule has 0 spiro atoms. The first-order valence-corrected chi connectivity index (χ1v) is 4.47. The van der Waals surface area contributed by atoms with Gasteiger partial charge in [-0.2, -0.15) is 4.98 Å². The number of aromatic nitrogens is 2. The van der Waals surface area contributed by atoms with E-state index in [9.17, 15) is 0 Å². The van der Waals surface area contributed by atoms with Crippen LogP contribution in [0.15, 0.2) is 21.3 Å². The number of hydrogen-bond donors (Lipinski definition) is 2. The maximum atomic E-state index is 8.82. The second-order valence-electron chi connectivity index (χ2n) is 3.14. The molecule has 0 radical (unpaired) electrons. The van der Waals surface area contributed by atoms with Crippen LogP contribution in [-0.4, -0.2) is 21.9 Å². The summed E-state index contributed by atoms with van der Waals surface area (Å²) < 4.78 is 10.1. The SMILES string of the molecule is Cc1occc1-c1nc(C(N)CO)no1. The van der Waals surface area contributed by atoms with Gasteiger partial charge in [0.1, 0.15) is 5.76 Å². The Balaban J connectivity index is 2.32. The van der Waals surface area contributed by atoms with Crippen molar-refractivity contribution in [3.8, 4) is 11.5 Å². The second kappa shape index (κ2) is 3.84. The topological polar surface area (TPSA) is 98.3 Å². The number of nitrogens with two attached hydrogens (primary N) is 1. The fourth-order valence-electron chi connectivity index (χ4n) is 1.18. The van der Waals surface area contributed by atoms with Crippen LogP contribution in [0, 0.1) is 6.92 Å². The quantitative estimate of drug-likeness (QED) is 0.769. The Morgan fingerprint density at radius 1 is 1.60 bits per heavy atom. The van der Waals surface area contributed by atoms with Crippen LogP contribution in [0.3, 0.4) is 0 Å². The Labute approximate surface area is 85.7 Å². The highest BCUT2D eigenvalue weighted by molar-refractivity contribution is 5.54. The van der Waals surface area contributed by atoms with Crippen molar-refractivity contribution in [3.63, 3.8) is 0 Å². The van der Waals surface area contributed by atoms with Gasteiger partial charge < -0.3 is 19.8 Å². The molecule has 0 amide bonds. The molecule has 0 aliphatic carbocycles.